The lowest BCUT2D eigenvalue weighted by molar-refractivity contribution is 0.181. The van der Waals surface area contributed by atoms with E-state index < -0.39 is 15.9 Å². The van der Waals surface area contributed by atoms with Crippen LogP contribution in [0.3, 0.4) is 0 Å². The summed E-state index contributed by atoms with van der Waals surface area (Å²) < 4.78 is 28.2. The van der Waals surface area contributed by atoms with Crippen LogP contribution < -0.4 is 10.6 Å². The minimum absolute atomic E-state index is 0.154. The fourth-order valence-corrected chi connectivity index (χ4v) is 2.68. The first-order valence-corrected chi connectivity index (χ1v) is 9.06. The number of aromatic amines is 1. The van der Waals surface area contributed by atoms with Gasteiger partial charge in [0.1, 0.15) is 0 Å². The number of nitrogens with one attached hydrogen (secondary N) is 3. The van der Waals surface area contributed by atoms with Crippen molar-refractivity contribution in [3.05, 3.63) is 41.2 Å². The number of methoxy groups -OCH3 is 1. The van der Waals surface area contributed by atoms with Gasteiger partial charge in [-0.05, 0) is 30.7 Å². The SMILES string of the molecule is COCc1cc(CNC(=O)Nc2cc(S(C)(=O)=O)ccc2C)[nH]n1. The van der Waals surface area contributed by atoms with Crippen molar-refractivity contribution in [2.45, 2.75) is 25.0 Å². The van der Waals surface area contributed by atoms with Crippen molar-refractivity contribution in [3.63, 3.8) is 0 Å². The molecular formula is C15H20N4O4S. The van der Waals surface area contributed by atoms with Crippen molar-refractivity contribution in [2.75, 3.05) is 18.7 Å². The normalized spacial score (nSPS) is 11.3. The second kappa shape index (κ2) is 7.45. The number of hydrogen-bond acceptors (Lipinski definition) is 5. The lowest BCUT2D eigenvalue weighted by Gasteiger charge is -2.10. The standard InChI is InChI=1S/C15H20N4O4S/c1-10-4-5-13(24(3,21)22)7-14(10)17-15(20)16-8-11-6-12(9-23-2)19-18-11/h4-7H,8-9H2,1-3H3,(H,18,19)(H2,16,17,20). The minimum Gasteiger partial charge on any atom is -0.378 e. The van der Waals surface area contributed by atoms with Crippen LogP contribution in [0.25, 0.3) is 0 Å². The second-order valence-corrected chi connectivity index (χ2v) is 7.39. The summed E-state index contributed by atoms with van der Waals surface area (Å²) in [5, 5.41) is 12.2. The van der Waals surface area contributed by atoms with Crippen LogP contribution in [0.1, 0.15) is 17.0 Å². The number of anilines is 1. The van der Waals surface area contributed by atoms with Gasteiger partial charge in [0, 0.05) is 19.1 Å². The number of hydrogen-bond donors (Lipinski definition) is 3. The summed E-state index contributed by atoms with van der Waals surface area (Å²) in [4.78, 5) is 12.2. The van der Waals surface area contributed by atoms with Gasteiger partial charge >= 0.3 is 6.03 Å². The Balaban J connectivity index is 1.99. The highest BCUT2D eigenvalue weighted by molar-refractivity contribution is 7.90. The Bertz CT molecular complexity index is 830. The molecule has 130 valence electrons. The summed E-state index contributed by atoms with van der Waals surface area (Å²) >= 11 is 0. The van der Waals surface area contributed by atoms with E-state index in [2.05, 4.69) is 20.8 Å². The molecule has 0 aliphatic carbocycles. The van der Waals surface area contributed by atoms with E-state index in [4.69, 9.17) is 4.74 Å². The highest BCUT2D eigenvalue weighted by Gasteiger charge is 2.11. The molecule has 2 rings (SSSR count). The molecule has 0 saturated carbocycles. The molecule has 0 bridgehead atoms. The summed E-state index contributed by atoms with van der Waals surface area (Å²) in [6.45, 7) is 2.43. The zero-order valence-electron chi connectivity index (χ0n) is 13.7. The highest BCUT2D eigenvalue weighted by Crippen LogP contribution is 2.20. The van der Waals surface area contributed by atoms with Crippen LogP contribution in [0.4, 0.5) is 10.5 Å². The Morgan fingerprint density at radius 1 is 1.33 bits per heavy atom. The third-order valence-corrected chi connectivity index (χ3v) is 4.41. The fourth-order valence-electron chi connectivity index (χ4n) is 2.03. The first kappa shape index (κ1) is 18.0. The van der Waals surface area contributed by atoms with Gasteiger partial charge in [-0.1, -0.05) is 6.07 Å². The van der Waals surface area contributed by atoms with E-state index >= 15 is 0 Å². The molecule has 2 aromatic rings. The number of sulfone groups is 1. The Morgan fingerprint density at radius 3 is 2.75 bits per heavy atom. The van der Waals surface area contributed by atoms with E-state index in [-0.39, 0.29) is 11.4 Å². The molecule has 0 atom stereocenters. The number of aromatic nitrogens is 2. The first-order chi connectivity index (χ1) is 11.3. The molecule has 0 unspecified atom stereocenters. The van der Waals surface area contributed by atoms with Gasteiger partial charge in [0.15, 0.2) is 9.84 Å². The third-order valence-electron chi connectivity index (χ3n) is 3.30. The number of carbonyl (C=O) groups excluding carboxylic acids is 1. The molecule has 0 aliphatic rings. The average Bonchev–Trinajstić information content (AvgIpc) is 2.94. The molecule has 1 aromatic heterocycles. The lowest BCUT2D eigenvalue weighted by atomic mass is 10.2. The van der Waals surface area contributed by atoms with E-state index in [0.29, 0.717) is 12.3 Å². The molecule has 24 heavy (non-hydrogen) atoms. The van der Waals surface area contributed by atoms with Crippen LogP contribution in [0.15, 0.2) is 29.2 Å². The Morgan fingerprint density at radius 2 is 2.08 bits per heavy atom. The maximum Gasteiger partial charge on any atom is 0.319 e. The fraction of sp³-hybridized carbons (Fsp3) is 0.333. The van der Waals surface area contributed by atoms with Crippen molar-refractivity contribution in [3.8, 4) is 0 Å². The Kier molecular flexibility index (Phi) is 5.58. The molecule has 0 spiro atoms. The molecule has 9 heteroatoms. The van der Waals surface area contributed by atoms with Crippen LogP contribution in [0, 0.1) is 6.92 Å². The van der Waals surface area contributed by atoms with Crippen LogP contribution in [0.2, 0.25) is 0 Å². The van der Waals surface area contributed by atoms with Gasteiger partial charge in [0.25, 0.3) is 0 Å². The summed E-state index contributed by atoms with van der Waals surface area (Å²) in [6, 6.07) is 5.95. The third kappa shape index (κ3) is 4.80. The number of nitrogens with zero attached hydrogens (tertiary/aromatic N) is 1. The maximum atomic E-state index is 12.0. The maximum absolute atomic E-state index is 12.0. The quantitative estimate of drug-likeness (QED) is 0.731. The predicted molar refractivity (Wildman–Crippen MR) is 89.4 cm³/mol. The smallest absolute Gasteiger partial charge is 0.319 e. The topological polar surface area (TPSA) is 113 Å². The number of H-pyrrole nitrogens is 1. The monoisotopic (exact) mass is 352 g/mol. The molecule has 0 aliphatic heterocycles. The Labute approximate surface area is 140 Å². The first-order valence-electron chi connectivity index (χ1n) is 7.17. The number of benzene rings is 1. The minimum atomic E-state index is -3.33. The molecule has 0 fully saturated rings. The molecule has 1 aromatic carbocycles. The van der Waals surface area contributed by atoms with Crippen molar-refractivity contribution in [2.24, 2.45) is 0 Å². The van der Waals surface area contributed by atoms with Gasteiger partial charge in [0.05, 0.1) is 29.4 Å². The van der Waals surface area contributed by atoms with Gasteiger partial charge in [-0.2, -0.15) is 5.10 Å². The molecule has 3 N–H and O–H groups in total. The van der Waals surface area contributed by atoms with Crippen molar-refractivity contribution in [1.82, 2.24) is 15.5 Å². The number of carbonyl (C=O) groups is 1. The van der Waals surface area contributed by atoms with Crippen LogP contribution in [0.5, 0.6) is 0 Å². The second-order valence-electron chi connectivity index (χ2n) is 5.37. The van der Waals surface area contributed by atoms with Crippen LogP contribution >= 0.6 is 0 Å². The molecule has 0 radical (unpaired) electrons. The molecule has 1 heterocycles. The number of urea groups is 1. The van der Waals surface area contributed by atoms with Crippen molar-refractivity contribution in [1.29, 1.82) is 0 Å². The summed E-state index contributed by atoms with van der Waals surface area (Å²) in [6.07, 6.45) is 1.12. The summed E-state index contributed by atoms with van der Waals surface area (Å²) in [7, 11) is -1.76. The number of amides is 2. The lowest BCUT2D eigenvalue weighted by Crippen LogP contribution is -2.28. The Hall–Kier alpha value is -2.39. The zero-order chi connectivity index (χ0) is 17.7. The van der Waals surface area contributed by atoms with Gasteiger partial charge in [0.2, 0.25) is 0 Å². The largest absolute Gasteiger partial charge is 0.378 e. The summed E-state index contributed by atoms with van der Waals surface area (Å²) in [5.74, 6) is 0. The zero-order valence-corrected chi connectivity index (χ0v) is 14.5. The summed E-state index contributed by atoms with van der Waals surface area (Å²) in [5.41, 5.74) is 2.69. The highest BCUT2D eigenvalue weighted by atomic mass is 32.2. The van der Waals surface area contributed by atoms with Gasteiger partial charge in [-0.3, -0.25) is 5.10 Å². The van der Waals surface area contributed by atoms with Crippen LogP contribution in [-0.4, -0.2) is 38.0 Å². The van der Waals surface area contributed by atoms with Gasteiger partial charge < -0.3 is 15.4 Å². The van der Waals surface area contributed by atoms with E-state index in [1.54, 1.807) is 26.2 Å². The number of rotatable bonds is 6. The van der Waals surface area contributed by atoms with E-state index in [9.17, 15) is 13.2 Å². The van der Waals surface area contributed by atoms with Crippen molar-refractivity contribution >= 4 is 21.6 Å². The molecule has 8 nitrogen and oxygen atoms in total. The van der Waals surface area contributed by atoms with Crippen LogP contribution in [-0.2, 0) is 27.7 Å². The van der Waals surface area contributed by atoms with Gasteiger partial charge in [-0.15, -0.1) is 0 Å². The molecule has 2 amide bonds. The predicted octanol–water partition coefficient (Wildman–Crippen LogP) is 1.59. The average molecular weight is 352 g/mol. The number of aryl methyl sites for hydroxylation is 1. The van der Waals surface area contributed by atoms with Crippen molar-refractivity contribution < 1.29 is 17.9 Å². The molecular weight excluding hydrogens is 332 g/mol. The molecule has 0 saturated heterocycles. The van der Waals surface area contributed by atoms with E-state index in [0.717, 1.165) is 23.2 Å². The van der Waals surface area contributed by atoms with E-state index in [1.165, 1.54) is 12.1 Å². The number of ether oxygens (including phenoxy) is 1. The van der Waals surface area contributed by atoms with Gasteiger partial charge in [-0.25, -0.2) is 13.2 Å². The van der Waals surface area contributed by atoms with E-state index in [1.807, 2.05) is 0 Å².